The van der Waals surface area contributed by atoms with Gasteiger partial charge in [-0.25, -0.2) is 4.98 Å². The molecule has 0 bridgehead atoms. The van der Waals surface area contributed by atoms with E-state index in [0.717, 1.165) is 39.4 Å². The van der Waals surface area contributed by atoms with Gasteiger partial charge in [0, 0.05) is 23.4 Å². The summed E-state index contributed by atoms with van der Waals surface area (Å²) < 4.78 is 23.3. The maximum atomic E-state index is 12.7. The zero-order valence-corrected chi connectivity index (χ0v) is 23.9. The summed E-state index contributed by atoms with van der Waals surface area (Å²) in [5.41, 5.74) is 4.16. The SMILES string of the molecule is COc1ccc2nc([S@@](=O)Cc3ncc(C)c(OC)c3C)[nH]c2c1.[H-].[H-].[H-].[Na+].[Na+].[Na+]. The van der Waals surface area contributed by atoms with Gasteiger partial charge in [-0.1, -0.05) is 0 Å². The monoisotopic (exact) mass is 417 g/mol. The Morgan fingerprint density at radius 2 is 1.85 bits per heavy atom. The van der Waals surface area contributed by atoms with Crippen LogP contribution >= 0.6 is 0 Å². The molecular formula is C17H22N3Na3O3S. The van der Waals surface area contributed by atoms with E-state index >= 15 is 0 Å². The fourth-order valence-corrected chi connectivity index (χ4v) is 3.71. The van der Waals surface area contributed by atoms with E-state index in [1.807, 2.05) is 32.0 Å². The van der Waals surface area contributed by atoms with Gasteiger partial charge in [0.25, 0.3) is 0 Å². The predicted octanol–water partition coefficient (Wildman–Crippen LogP) is -5.75. The first-order valence-electron chi connectivity index (χ1n) is 7.44. The molecule has 0 spiro atoms. The molecule has 132 valence electrons. The van der Waals surface area contributed by atoms with Crippen molar-refractivity contribution in [3.8, 4) is 11.5 Å². The van der Waals surface area contributed by atoms with Crippen LogP contribution in [-0.4, -0.2) is 33.4 Å². The molecule has 1 aromatic carbocycles. The number of rotatable bonds is 5. The summed E-state index contributed by atoms with van der Waals surface area (Å²) in [5.74, 6) is 1.79. The summed E-state index contributed by atoms with van der Waals surface area (Å²) in [7, 11) is 1.91. The van der Waals surface area contributed by atoms with Crippen LogP contribution in [0.3, 0.4) is 0 Å². The normalized spacial score (nSPS) is 11.0. The number of aromatic nitrogens is 3. The van der Waals surface area contributed by atoms with Gasteiger partial charge in [0.2, 0.25) is 0 Å². The maximum absolute atomic E-state index is 12.7. The molecule has 1 atom stereocenters. The smallest absolute Gasteiger partial charge is 1.00 e. The number of ether oxygens (including phenoxy) is 2. The van der Waals surface area contributed by atoms with Crippen LogP contribution in [-0.2, 0) is 16.6 Å². The van der Waals surface area contributed by atoms with Crippen molar-refractivity contribution in [3.05, 3.63) is 41.2 Å². The average molecular weight is 417 g/mol. The largest absolute Gasteiger partial charge is 1.00 e. The van der Waals surface area contributed by atoms with Crippen LogP contribution in [0, 0.1) is 13.8 Å². The molecule has 0 saturated carbocycles. The molecule has 0 fully saturated rings. The maximum Gasteiger partial charge on any atom is 1.00 e. The number of aromatic amines is 1. The number of methoxy groups -OCH3 is 2. The number of fused-ring (bicyclic) bond motifs is 1. The summed E-state index contributed by atoms with van der Waals surface area (Å²) in [6.07, 6.45) is 1.74. The topological polar surface area (TPSA) is 77.1 Å². The number of nitrogens with zero attached hydrogens (tertiary/aromatic N) is 2. The van der Waals surface area contributed by atoms with Crippen LogP contribution in [0.1, 0.15) is 21.1 Å². The van der Waals surface area contributed by atoms with Crippen molar-refractivity contribution in [2.75, 3.05) is 14.2 Å². The van der Waals surface area contributed by atoms with Crippen molar-refractivity contribution in [2.24, 2.45) is 0 Å². The van der Waals surface area contributed by atoms with Crippen molar-refractivity contribution < 1.29 is 107 Å². The Labute approximate surface area is 232 Å². The van der Waals surface area contributed by atoms with E-state index in [4.69, 9.17) is 9.47 Å². The van der Waals surface area contributed by atoms with Gasteiger partial charge in [0.05, 0.1) is 47.5 Å². The van der Waals surface area contributed by atoms with E-state index < -0.39 is 10.8 Å². The molecule has 27 heavy (non-hydrogen) atoms. The Morgan fingerprint density at radius 1 is 1.15 bits per heavy atom. The summed E-state index contributed by atoms with van der Waals surface area (Å²) >= 11 is 0. The summed E-state index contributed by atoms with van der Waals surface area (Å²) in [5, 5.41) is 0.430. The number of nitrogens with one attached hydrogen (secondary N) is 1. The molecule has 6 nitrogen and oxygen atoms in total. The van der Waals surface area contributed by atoms with E-state index in [2.05, 4.69) is 15.0 Å². The molecule has 3 aromatic rings. The third kappa shape index (κ3) is 6.28. The minimum atomic E-state index is -1.33. The first-order chi connectivity index (χ1) is 11.5. The van der Waals surface area contributed by atoms with E-state index in [-0.39, 0.29) is 98.7 Å². The molecule has 10 heteroatoms. The zero-order valence-electron chi connectivity index (χ0n) is 20.0. The van der Waals surface area contributed by atoms with Gasteiger partial charge in [-0.3, -0.25) is 9.19 Å². The first kappa shape index (κ1) is 27.6. The molecule has 0 unspecified atom stereocenters. The number of pyridine rings is 1. The molecular weight excluding hydrogens is 395 g/mol. The third-order valence-electron chi connectivity index (χ3n) is 3.90. The molecule has 0 saturated heterocycles. The Balaban J connectivity index is -0.000000563. The molecule has 2 aromatic heterocycles. The number of H-pyrrole nitrogens is 1. The predicted molar refractivity (Wildman–Crippen MR) is 96.4 cm³/mol. The third-order valence-corrected chi connectivity index (χ3v) is 5.06. The van der Waals surface area contributed by atoms with Crippen LogP contribution in [0.25, 0.3) is 11.0 Å². The first-order valence-corrected chi connectivity index (χ1v) is 8.76. The molecule has 0 aliphatic rings. The summed E-state index contributed by atoms with van der Waals surface area (Å²) in [6.45, 7) is 3.86. The second kappa shape index (κ2) is 12.3. The Morgan fingerprint density at radius 3 is 2.48 bits per heavy atom. The van der Waals surface area contributed by atoms with Gasteiger partial charge >= 0.3 is 88.7 Å². The van der Waals surface area contributed by atoms with Crippen LogP contribution in [0.5, 0.6) is 11.5 Å². The number of hydrogen-bond acceptors (Lipinski definition) is 5. The quantitative estimate of drug-likeness (QED) is 0.419. The van der Waals surface area contributed by atoms with Crippen molar-refractivity contribution in [1.29, 1.82) is 0 Å². The summed E-state index contributed by atoms with van der Waals surface area (Å²) in [6, 6.07) is 5.50. The Bertz CT molecular complexity index is 948. The minimum absolute atomic E-state index is 0. The number of benzene rings is 1. The van der Waals surface area contributed by atoms with Crippen molar-refractivity contribution in [1.82, 2.24) is 15.0 Å². The van der Waals surface area contributed by atoms with Crippen molar-refractivity contribution >= 4 is 21.8 Å². The fraction of sp³-hybridized carbons (Fsp3) is 0.294. The van der Waals surface area contributed by atoms with Crippen molar-refractivity contribution in [2.45, 2.75) is 24.8 Å². The molecule has 0 amide bonds. The number of imidazole rings is 1. The Kier molecular flexibility index (Phi) is 12.6. The Hall–Kier alpha value is 0.590. The van der Waals surface area contributed by atoms with Crippen LogP contribution in [0.4, 0.5) is 0 Å². The van der Waals surface area contributed by atoms with Gasteiger partial charge in [-0.05, 0) is 26.0 Å². The van der Waals surface area contributed by atoms with Gasteiger partial charge < -0.3 is 18.7 Å². The van der Waals surface area contributed by atoms with Crippen LogP contribution in [0.15, 0.2) is 29.6 Å². The molecule has 0 aliphatic heterocycles. The molecule has 3 rings (SSSR count). The van der Waals surface area contributed by atoms with Gasteiger partial charge in [0.15, 0.2) is 5.16 Å². The standard InChI is InChI=1S/C17H19N3O3S.3Na.3H/c1-10-8-18-15(11(2)16(10)23-4)9-24(21)17-19-13-6-5-12(22-3)7-14(13)20-17;;;;;;/h5-8H,9H2,1-4H3,(H,19,20);;;;;;/q;3*+1;3*-1/t24-;;;;;;/m0....../s1. The van der Waals surface area contributed by atoms with E-state index in [0.29, 0.717) is 5.16 Å². The number of aryl methyl sites for hydroxylation is 1. The summed E-state index contributed by atoms with van der Waals surface area (Å²) in [4.78, 5) is 11.9. The van der Waals surface area contributed by atoms with Crippen molar-refractivity contribution in [3.63, 3.8) is 0 Å². The van der Waals surface area contributed by atoms with Gasteiger partial charge in [-0.15, -0.1) is 0 Å². The van der Waals surface area contributed by atoms with E-state index in [9.17, 15) is 4.21 Å². The second-order valence-electron chi connectivity index (χ2n) is 5.46. The van der Waals surface area contributed by atoms with Crippen LogP contribution < -0.4 is 98.1 Å². The molecule has 1 N–H and O–H groups in total. The fourth-order valence-electron chi connectivity index (χ4n) is 2.61. The minimum Gasteiger partial charge on any atom is -1.00 e. The molecule has 0 aliphatic carbocycles. The number of hydrogen-bond donors (Lipinski definition) is 1. The molecule has 0 radical (unpaired) electrons. The van der Waals surface area contributed by atoms with Gasteiger partial charge in [0.1, 0.15) is 11.5 Å². The van der Waals surface area contributed by atoms with E-state index in [1.165, 1.54) is 0 Å². The van der Waals surface area contributed by atoms with Gasteiger partial charge in [-0.2, -0.15) is 0 Å². The average Bonchev–Trinajstić information content (AvgIpc) is 3.01. The zero-order chi connectivity index (χ0) is 17.3. The van der Waals surface area contributed by atoms with E-state index in [1.54, 1.807) is 20.4 Å². The molecule has 2 heterocycles. The second-order valence-corrected chi connectivity index (χ2v) is 6.83. The van der Waals surface area contributed by atoms with Crippen LogP contribution in [0.2, 0.25) is 0 Å².